The number of halogens is 3. The van der Waals surface area contributed by atoms with E-state index in [2.05, 4.69) is 15.6 Å². The van der Waals surface area contributed by atoms with Crippen LogP contribution in [0.3, 0.4) is 0 Å². The maximum Gasteiger partial charge on any atom is 0.490 e. The van der Waals surface area contributed by atoms with E-state index in [4.69, 9.17) is 29.8 Å². The first kappa shape index (κ1) is 37.1. The van der Waals surface area contributed by atoms with Crippen LogP contribution in [0.15, 0.2) is 71.5 Å². The number of nitrogens with one attached hydrogen (secondary N) is 3. The van der Waals surface area contributed by atoms with Gasteiger partial charge >= 0.3 is 12.1 Å². The summed E-state index contributed by atoms with van der Waals surface area (Å²) in [6.45, 7) is 2.90. The third-order valence-corrected chi connectivity index (χ3v) is 6.87. The van der Waals surface area contributed by atoms with E-state index in [-0.39, 0.29) is 17.5 Å². The summed E-state index contributed by atoms with van der Waals surface area (Å²) in [5, 5.41) is 13.5. The molecular weight excluding hydrogens is 637 g/mol. The first-order valence-electron chi connectivity index (χ1n) is 14.4. The Hall–Kier alpha value is -5.41. The monoisotopic (exact) mass is 672 g/mol. The van der Waals surface area contributed by atoms with Gasteiger partial charge in [0.05, 0.1) is 25.3 Å². The predicted octanol–water partition coefficient (Wildman–Crippen LogP) is 4.58. The fraction of sp³-hybridized carbons (Fsp3) is 0.273. The van der Waals surface area contributed by atoms with Crippen molar-refractivity contribution in [2.75, 3.05) is 39.3 Å². The van der Waals surface area contributed by atoms with Gasteiger partial charge in [0, 0.05) is 29.8 Å². The molecule has 0 saturated carbocycles. The van der Waals surface area contributed by atoms with Gasteiger partial charge < -0.3 is 40.7 Å². The lowest BCUT2D eigenvalue weighted by Gasteiger charge is -2.19. The number of aliphatic carboxylic acids is 1. The number of carbonyl (C=O) groups is 3. The Balaban J connectivity index is 0.000000804. The number of carbonyl (C=O) groups excluding carboxylic acids is 2. The van der Waals surface area contributed by atoms with Gasteiger partial charge in [0.25, 0.3) is 17.4 Å². The number of fused-ring (bicyclic) bond motifs is 1. The van der Waals surface area contributed by atoms with Crippen LogP contribution < -0.4 is 31.4 Å². The number of pyridine rings is 1. The molecule has 6 N–H and O–H groups in total. The van der Waals surface area contributed by atoms with Crippen molar-refractivity contribution >= 4 is 34.4 Å². The average molecular weight is 673 g/mol. The summed E-state index contributed by atoms with van der Waals surface area (Å²) < 4.78 is 47.9. The van der Waals surface area contributed by atoms with Gasteiger partial charge in [-0.3, -0.25) is 14.4 Å². The summed E-state index contributed by atoms with van der Waals surface area (Å²) in [6.07, 6.45) is -4.51. The number of aromatic amines is 1. The Morgan fingerprint density at radius 3 is 2.25 bits per heavy atom. The van der Waals surface area contributed by atoms with Crippen LogP contribution in [0, 0.1) is 6.92 Å². The molecule has 256 valence electrons. The first-order chi connectivity index (χ1) is 22.8. The van der Waals surface area contributed by atoms with E-state index in [1.165, 1.54) is 13.2 Å². The molecule has 0 spiro atoms. The number of rotatable bonds is 12. The van der Waals surface area contributed by atoms with Crippen molar-refractivity contribution in [1.29, 1.82) is 0 Å². The molecule has 0 saturated heterocycles. The summed E-state index contributed by atoms with van der Waals surface area (Å²) in [6, 6.07) is 19.2. The summed E-state index contributed by atoms with van der Waals surface area (Å²) in [4.78, 5) is 50.9. The second kappa shape index (κ2) is 16.9. The Morgan fingerprint density at radius 2 is 1.65 bits per heavy atom. The van der Waals surface area contributed by atoms with E-state index in [1.54, 1.807) is 44.4 Å². The number of carboxylic acids is 1. The highest BCUT2D eigenvalue weighted by Gasteiger charge is 2.38. The number of nitrogens with two attached hydrogens (primary N) is 1. The molecule has 0 aliphatic heterocycles. The van der Waals surface area contributed by atoms with Crippen molar-refractivity contribution in [2.45, 2.75) is 25.6 Å². The van der Waals surface area contributed by atoms with E-state index < -0.39 is 23.6 Å². The van der Waals surface area contributed by atoms with Gasteiger partial charge in [0.2, 0.25) is 0 Å². The number of hydrogen-bond acceptors (Lipinski definition) is 8. The van der Waals surface area contributed by atoms with Crippen LogP contribution in [0.25, 0.3) is 10.9 Å². The van der Waals surface area contributed by atoms with Crippen molar-refractivity contribution in [3.05, 3.63) is 99.3 Å². The summed E-state index contributed by atoms with van der Waals surface area (Å²) >= 11 is 0. The quantitative estimate of drug-likeness (QED) is 0.135. The molecule has 1 unspecified atom stereocenters. The summed E-state index contributed by atoms with van der Waals surface area (Å²) in [7, 11) is 3.07. The molecule has 0 aliphatic carbocycles. The normalized spacial score (nSPS) is 11.6. The number of aryl methyl sites for hydroxylation is 1. The van der Waals surface area contributed by atoms with Crippen molar-refractivity contribution in [3.8, 4) is 11.5 Å². The van der Waals surface area contributed by atoms with Crippen LogP contribution >= 0.6 is 0 Å². The molecule has 1 aromatic heterocycles. The molecule has 4 rings (SSSR count). The average Bonchev–Trinajstić information content (AvgIpc) is 3.05. The minimum Gasteiger partial charge on any atom is -0.493 e. The fourth-order valence-corrected chi connectivity index (χ4v) is 4.39. The van der Waals surface area contributed by atoms with Crippen LogP contribution in [-0.2, 0) is 9.53 Å². The molecule has 48 heavy (non-hydrogen) atoms. The minimum absolute atomic E-state index is 0.0909. The zero-order valence-electron chi connectivity index (χ0n) is 26.3. The lowest BCUT2D eigenvalue weighted by atomic mass is 10.0. The largest absolute Gasteiger partial charge is 0.493 e. The Bertz CT molecular complexity index is 1800. The number of carboxylic acid groups (broad SMARTS) is 1. The van der Waals surface area contributed by atoms with Crippen LogP contribution in [0.2, 0.25) is 0 Å². The Kier molecular flexibility index (Phi) is 13.1. The number of H-pyrrole nitrogens is 1. The summed E-state index contributed by atoms with van der Waals surface area (Å²) in [5.74, 6) is -2.79. The summed E-state index contributed by atoms with van der Waals surface area (Å²) in [5.41, 5.74) is 8.07. The molecule has 1 atom stereocenters. The van der Waals surface area contributed by atoms with Crippen molar-refractivity contribution < 1.29 is 46.9 Å². The zero-order valence-corrected chi connectivity index (χ0v) is 26.3. The van der Waals surface area contributed by atoms with E-state index in [0.717, 1.165) is 11.1 Å². The smallest absolute Gasteiger partial charge is 0.490 e. The van der Waals surface area contributed by atoms with Crippen molar-refractivity contribution in [3.63, 3.8) is 0 Å². The van der Waals surface area contributed by atoms with Gasteiger partial charge in [-0.05, 0) is 55.3 Å². The van der Waals surface area contributed by atoms with Gasteiger partial charge in [-0.1, -0.05) is 36.4 Å². The van der Waals surface area contributed by atoms with Gasteiger partial charge in [0.15, 0.2) is 11.5 Å². The van der Waals surface area contributed by atoms with Gasteiger partial charge in [-0.2, -0.15) is 13.2 Å². The first-order valence-corrected chi connectivity index (χ1v) is 14.4. The maximum atomic E-state index is 13.3. The second-order valence-electron chi connectivity index (χ2n) is 10.2. The lowest BCUT2D eigenvalue weighted by molar-refractivity contribution is -0.192. The minimum atomic E-state index is -5.08. The predicted molar refractivity (Wildman–Crippen MR) is 172 cm³/mol. The molecule has 12 nitrogen and oxygen atoms in total. The Labute approximate surface area is 273 Å². The molecular formula is C33H35F3N4O8. The third-order valence-electron chi connectivity index (χ3n) is 6.87. The molecule has 4 aromatic rings. The van der Waals surface area contributed by atoms with Crippen LogP contribution in [0.1, 0.15) is 44.3 Å². The lowest BCUT2D eigenvalue weighted by Crippen LogP contribution is -2.30. The number of aromatic nitrogens is 1. The topological polar surface area (TPSA) is 182 Å². The second-order valence-corrected chi connectivity index (χ2v) is 10.2. The van der Waals surface area contributed by atoms with E-state index >= 15 is 0 Å². The van der Waals surface area contributed by atoms with Crippen molar-refractivity contribution in [2.24, 2.45) is 5.73 Å². The number of methoxy groups -OCH3 is 2. The molecule has 2 amide bonds. The fourth-order valence-electron chi connectivity index (χ4n) is 4.39. The number of anilines is 1. The molecule has 0 radical (unpaired) electrons. The number of hydrogen-bond donors (Lipinski definition) is 5. The van der Waals surface area contributed by atoms with E-state index in [1.807, 2.05) is 30.3 Å². The highest BCUT2D eigenvalue weighted by atomic mass is 19.4. The third kappa shape index (κ3) is 10.0. The molecule has 0 fully saturated rings. The standard InChI is InChI=1S/C31H34N4O6.C2HF3O2/c1-19-9-10-21(29(36)33-24(11-12-32)20-7-5-4-6-8-20)16-25(19)34-30(37)23-15-22-17-28(41-14-13-39-2)27(40-3)18-26(22)35-31(23)38;3-2(4,5)1(6)7/h4-10,15-18,24H,11-14,32H2,1-3H3,(H,33,36)(H,34,37)(H,35,38);(H,6,7). The maximum absolute atomic E-state index is 13.3. The van der Waals surface area contributed by atoms with Gasteiger partial charge in [-0.15, -0.1) is 0 Å². The number of alkyl halides is 3. The van der Waals surface area contributed by atoms with Gasteiger partial charge in [0.1, 0.15) is 12.2 Å². The molecule has 15 heteroatoms. The molecule has 0 aliphatic rings. The number of ether oxygens (including phenoxy) is 3. The zero-order chi connectivity index (χ0) is 35.4. The van der Waals surface area contributed by atoms with Crippen LogP contribution in [0.4, 0.5) is 18.9 Å². The molecule has 3 aromatic carbocycles. The molecule has 0 bridgehead atoms. The van der Waals surface area contributed by atoms with Crippen molar-refractivity contribution in [1.82, 2.24) is 10.3 Å². The van der Waals surface area contributed by atoms with Crippen LogP contribution in [0.5, 0.6) is 11.5 Å². The molecule has 1 heterocycles. The number of amides is 2. The number of benzene rings is 3. The van der Waals surface area contributed by atoms with E-state index in [9.17, 15) is 27.6 Å². The highest BCUT2D eigenvalue weighted by Crippen LogP contribution is 2.31. The van der Waals surface area contributed by atoms with E-state index in [0.29, 0.717) is 59.8 Å². The van der Waals surface area contributed by atoms with Crippen LogP contribution in [-0.4, -0.2) is 68.0 Å². The highest BCUT2D eigenvalue weighted by molar-refractivity contribution is 6.07. The van der Waals surface area contributed by atoms with Gasteiger partial charge in [-0.25, -0.2) is 4.79 Å². The SMILES string of the molecule is COCCOc1cc2cc(C(=O)Nc3cc(C(=O)NC(CCN)c4ccccc4)ccc3C)c(=O)[nH]c2cc1OC.O=C(O)C(F)(F)F. The Morgan fingerprint density at radius 1 is 0.958 bits per heavy atom.